The van der Waals surface area contributed by atoms with E-state index in [1.54, 1.807) is 19.1 Å². The summed E-state index contributed by atoms with van der Waals surface area (Å²) in [5.41, 5.74) is 6.27. The summed E-state index contributed by atoms with van der Waals surface area (Å²) in [5, 5.41) is 0. The highest BCUT2D eigenvalue weighted by molar-refractivity contribution is 7.99. The quantitative estimate of drug-likeness (QED) is 0.868. The lowest BCUT2D eigenvalue weighted by Gasteiger charge is -2.27. The largest absolute Gasteiger partial charge is 0.443 e. The van der Waals surface area contributed by atoms with E-state index in [1.165, 1.54) is 11.0 Å². The molecule has 0 aliphatic carbocycles. The number of cyclic esters (lactones) is 1. The highest BCUT2D eigenvalue weighted by Gasteiger charge is 2.38. The van der Waals surface area contributed by atoms with Gasteiger partial charge in [0, 0.05) is 13.1 Å². The predicted molar refractivity (Wildman–Crippen MR) is 101 cm³/mol. The van der Waals surface area contributed by atoms with E-state index in [1.807, 2.05) is 11.8 Å². The number of anilines is 2. The molecule has 2 heterocycles. The van der Waals surface area contributed by atoms with E-state index in [-0.39, 0.29) is 12.4 Å². The average molecular weight is 381 g/mol. The van der Waals surface area contributed by atoms with Crippen LogP contribution in [0.2, 0.25) is 0 Å². The average Bonchev–Trinajstić information content (AvgIpc) is 2.96. The van der Waals surface area contributed by atoms with Crippen LogP contribution < -0.4 is 15.5 Å². The Morgan fingerprint density at radius 3 is 2.65 bits per heavy atom. The van der Waals surface area contributed by atoms with Crippen LogP contribution >= 0.6 is 11.8 Å². The van der Waals surface area contributed by atoms with Gasteiger partial charge in [0.1, 0.15) is 11.9 Å². The van der Waals surface area contributed by atoms with Crippen molar-refractivity contribution in [1.29, 1.82) is 0 Å². The number of carbonyl (C=O) groups excluding carboxylic acids is 2. The minimum atomic E-state index is -0.616. The fraction of sp³-hybridized carbons (Fsp3) is 0.556. The van der Waals surface area contributed by atoms with Crippen LogP contribution in [0.3, 0.4) is 0 Å². The van der Waals surface area contributed by atoms with Crippen molar-refractivity contribution in [2.24, 2.45) is 11.7 Å². The number of halogens is 1. The maximum absolute atomic E-state index is 14.7. The van der Waals surface area contributed by atoms with E-state index < -0.39 is 24.0 Å². The van der Waals surface area contributed by atoms with Crippen molar-refractivity contribution in [3.8, 4) is 0 Å². The van der Waals surface area contributed by atoms with Crippen LogP contribution in [-0.2, 0) is 9.53 Å². The summed E-state index contributed by atoms with van der Waals surface area (Å²) in [5.74, 6) is 0.716. The second-order valence-electron chi connectivity index (χ2n) is 6.67. The van der Waals surface area contributed by atoms with Crippen molar-refractivity contribution in [3.05, 3.63) is 24.0 Å². The van der Waals surface area contributed by atoms with Gasteiger partial charge >= 0.3 is 6.09 Å². The third-order valence-corrected chi connectivity index (χ3v) is 6.01. The van der Waals surface area contributed by atoms with Crippen LogP contribution in [-0.4, -0.2) is 49.2 Å². The summed E-state index contributed by atoms with van der Waals surface area (Å²) < 4.78 is 20.0. The Morgan fingerprint density at radius 2 is 2.04 bits per heavy atom. The molecule has 2 aliphatic rings. The number of benzene rings is 1. The number of rotatable bonds is 4. The number of amides is 2. The van der Waals surface area contributed by atoms with E-state index in [0.29, 0.717) is 11.4 Å². The standard InChI is InChI=1S/C18H24FN3O3S/c1-12(17(20)23)16-11-22(18(24)25-16)13-4-5-15(14(19)10-13)21-6-2-8-26-9-3-7-21/h4-5,10,12,16H,2-3,6-9,11H2,1H3,(H2,20,23)/t12-,16?/m1/s1. The third kappa shape index (κ3) is 4.06. The molecule has 1 aromatic carbocycles. The van der Waals surface area contributed by atoms with Gasteiger partial charge in [-0.05, 0) is 49.5 Å². The summed E-state index contributed by atoms with van der Waals surface area (Å²) in [6.45, 7) is 3.46. The first-order valence-electron chi connectivity index (χ1n) is 8.87. The van der Waals surface area contributed by atoms with E-state index in [0.717, 1.165) is 37.4 Å². The van der Waals surface area contributed by atoms with Crippen molar-refractivity contribution in [2.75, 3.05) is 40.9 Å². The molecular formula is C18H24FN3O3S. The summed E-state index contributed by atoms with van der Waals surface area (Å²) >= 11 is 1.94. The van der Waals surface area contributed by atoms with Gasteiger partial charge in [-0.25, -0.2) is 9.18 Å². The molecule has 3 rings (SSSR count). The SMILES string of the molecule is C[C@@H](C(N)=O)C1CN(c2ccc(N3CCCSCCC3)c(F)c2)C(=O)O1. The molecule has 0 spiro atoms. The van der Waals surface area contributed by atoms with Crippen LogP contribution in [0, 0.1) is 11.7 Å². The van der Waals surface area contributed by atoms with Gasteiger partial charge in [-0.2, -0.15) is 11.8 Å². The Balaban J connectivity index is 1.74. The number of carbonyl (C=O) groups is 2. The van der Waals surface area contributed by atoms with Gasteiger partial charge in [0.05, 0.1) is 23.8 Å². The molecule has 0 aromatic heterocycles. The normalized spacial score (nSPS) is 22.5. The zero-order chi connectivity index (χ0) is 18.7. The van der Waals surface area contributed by atoms with Crippen LogP contribution in [0.1, 0.15) is 19.8 Å². The highest BCUT2D eigenvalue weighted by atomic mass is 32.2. The van der Waals surface area contributed by atoms with Gasteiger partial charge in [0.25, 0.3) is 0 Å². The molecule has 26 heavy (non-hydrogen) atoms. The van der Waals surface area contributed by atoms with Gasteiger partial charge in [-0.3, -0.25) is 9.69 Å². The van der Waals surface area contributed by atoms with Gasteiger partial charge in [-0.1, -0.05) is 0 Å². The molecule has 2 fully saturated rings. The zero-order valence-corrected chi connectivity index (χ0v) is 15.6. The molecule has 2 amide bonds. The van der Waals surface area contributed by atoms with E-state index in [2.05, 4.69) is 4.90 Å². The molecule has 1 aromatic rings. The second kappa shape index (κ2) is 8.16. The van der Waals surface area contributed by atoms with Crippen molar-refractivity contribution in [3.63, 3.8) is 0 Å². The smallest absolute Gasteiger partial charge is 0.414 e. The molecule has 1 unspecified atom stereocenters. The summed E-state index contributed by atoms with van der Waals surface area (Å²) in [6.07, 6.45) is 0.849. The highest BCUT2D eigenvalue weighted by Crippen LogP contribution is 2.30. The lowest BCUT2D eigenvalue weighted by Crippen LogP contribution is -2.34. The molecule has 2 atom stereocenters. The Bertz CT molecular complexity index is 680. The molecule has 2 saturated heterocycles. The monoisotopic (exact) mass is 381 g/mol. The molecule has 0 bridgehead atoms. The zero-order valence-electron chi connectivity index (χ0n) is 14.8. The lowest BCUT2D eigenvalue weighted by atomic mass is 10.0. The number of thioether (sulfide) groups is 1. The second-order valence-corrected chi connectivity index (χ2v) is 7.89. The van der Waals surface area contributed by atoms with Gasteiger partial charge in [0.15, 0.2) is 0 Å². The first-order valence-corrected chi connectivity index (χ1v) is 10.0. The lowest BCUT2D eigenvalue weighted by molar-refractivity contribution is -0.123. The minimum Gasteiger partial charge on any atom is -0.443 e. The topological polar surface area (TPSA) is 75.9 Å². The van der Waals surface area contributed by atoms with Crippen LogP contribution in [0.5, 0.6) is 0 Å². The van der Waals surface area contributed by atoms with Gasteiger partial charge in [0.2, 0.25) is 5.91 Å². The number of ether oxygens (including phenoxy) is 1. The van der Waals surface area contributed by atoms with Crippen molar-refractivity contribution in [1.82, 2.24) is 0 Å². The fourth-order valence-corrected chi connectivity index (χ4v) is 4.10. The number of hydrogen-bond acceptors (Lipinski definition) is 5. The Hall–Kier alpha value is -1.96. The molecule has 2 aliphatic heterocycles. The Kier molecular flexibility index (Phi) is 5.90. The van der Waals surface area contributed by atoms with Crippen molar-refractivity contribution < 1.29 is 18.7 Å². The number of nitrogens with zero attached hydrogens (tertiary/aromatic N) is 2. The first-order chi connectivity index (χ1) is 12.5. The van der Waals surface area contributed by atoms with Crippen molar-refractivity contribution in [2.45, 2.75) is 25.9 Å². The molecule has 0 radical (unpaired) electrons. The van der Waals surface area contributed by atoms with Gasteiger partial charge < -0.3 is 15.4 Å². The minimum absolute atomic E-state index is 0.183. The molecule has 6 nitrogen and oxygen atoms in total. The van der Waals surface area contributed by atoms with E-state index >= 15 is 0 Å². The molecule has 2 N–H and O–H groups in total. The van der Waals surface area contributed by atoms with Crippen LogP contribution in [0.4, 0.5) is 20.6 Å². The van der Waals surface area contributed by atoms with Crippen LogP contribution in [0.25, 0.3) is 0 Å². The Labute approximate surface area is 156 Å². The predicted octanol–water partition coefficient (Wildman–Crippen LogP) is 2.61. The number of hydrogen-bond donors (Lipinski definition) is 1. The molecule has 142 valence electrons. The summed E-state index contributed by atoms with van der Waals surface area (Å²) in [4.78, 5) is 26.8. The molecule has 0 saturated carbocycles. The third-order valence-electron chi connectivity index (χ3n) is 4.86. The molecular weight excluding hydrogens is 357 g/mol. The van der Waals surface area contributed by atoms with Crippen LogP contribution in [0.15, 0.2) is 18.2 Å². The number of primary amides is 1. The maximum Gasteiger partial charge on any atom is 0.414 e. The molecule has 8 heteroatoms. The fourth-order valence-electron chi connectivity index (χ4n) is 3.23. The summed E-state index contributed by atoms with van der Waals surface area (Å²) in [7, 11) is 0. The maximum atomic E-state index is 14.7. The Morgan fingerprint density at radius 1 is 1.35 bits per heavy atom. The summed E-state index contributed by atoms with van der Waals surface area (Å²) in [6, 6.07) is 4.81. The van der Waals surface area contributed by atoms with Crippen molar-refractivity contribution >= 4 is 35.1 Å². The number of nitrogens with two attached hydrogens (primary N) is 1. The van der Waals surface area contributed by atoms with Gasteiger partial charge in [-0.15, -0.1) is 0 Å². The van der Waals surface area contributed by atoms with E-state index in [9.17, 15) is 14.0 Å². The van der Waals surface area contributed by atoms with E-state index in [4.69, 9.17) is 10.5 Å². The first kappa shape index (κ1) is 18.8.